The summed E-state index contributed by atoms with van der Waals surface area (Å²) in [6.45, 7) is -3.02. The highest BCUT2D eigenvalue weighted by atomic mass is 32.2. The highest BCUT2D eigenvalue weighted by Crippen LogP contribution is 2.51. The number of thioether (sulfide) groups is 1. The van der Waals surface area contributed by atoms with Crippen molar-refractivity contribution in [2.45, 2.75) is 25.2 Å². The Labute approximate surface area is 123 Å². The molecule has 1 fully saturated rings. The van der Waals surface area contributed by atoms with Crippen molar-refractivity contribution in [2.75, 3.05) is 11.5 Å². The van der Waals surface area contributed by atoms with Crippen LogP contribution in [0.2, 0.25) is 0 Å². The first kappa shape index (κ1) is 14.2. The Hall–Kier alpha value is -1.70. The van der Waals surface area contributed by atoms with Crippen molar-refractivity contribution in [3.8, 4) is 17.2 Å². The fraction of sp³-hybridized carbons (Fsp3) is 0.462. The number of hydrogen-bond acceptors (Lipinski definition) is 5. The van der Waals surface area contributed by atoms with Crippen LogP contribution < -0.4 is 14.2 Å². The Bertz CT molecular complexity index is 572. The van der Waals surface area contributed by atoms with E-state index in [4.69, 9.17) is 9.47 Å². The average molecular weight is 318 g/mol. The predicted molar refractivity (Wildman–Crippen MR) is 70.6 cm³/mol. The minimum absolute atomic E-state index is 0.0347. The molecule has 2 heterocycles. The van der Waals surface area contributed by atoms with Gasteiger partial charge in [0.1, 0.15) is 5.56 Å². The van der Waals surface area contributed by atoms with Crippen LogP contribution in [0, 0.1) is 0 Å². The number of carbonyl (C=O) groups is 1. The van der Waals surface area contributed by atoms with Gasteiger partial charge >= 0.3 is 12.6 Å². The average Bonchev–Trinajstić information content (AvgIpc) is 2.78. The molecule has 0 saturated carbocycles. The summed E-state index contributed by atoms with van der Waals surface area (Å²) < 4.78 is 40.7. The minimum atomic E-state index is -3.02. The Morgan fingerprint density at radius 3 is 2.57 bits per heavy atom. The standard InChI is InChI=1S/C13H12F2O5S/c14-12(15)18-8-2-1-7(11(16)17)9-10(8)20-13(19-9)3-5-21-6-4-13/h1-2,12H,3-6H2,(H,16,17). The number of aromatic carboxylic acids is 1. The maximum atomic E-state index is 12.4. The van der Waals surface area contributed by atoms with Crippen LogP contribution in [0.4, 0.5) is 8.78 Å². The summed E-state index contributed by atoms with van der Waals surface area (Å²) in [5.41, 5.74) is -0.123. The van der Waals surface area contributed by atoms with E-state index in [1.165, 1.54) is 6.07 Å². The minimum Gasteiger partial charge on any atom is -0.478 e. The van der Waals surface area contributed by atoms with Gasteiger partial charge in [-0.3, -0.25) is 0 Å². The molecule has 5 nitrogen and oxygen atoms in total. The van der Waals surface area contributed by atoms with Gasteiger partial charge in [-0.25, -0.2) is 4.79 Å². The summed E-state index contributed by atoms with van der Waals surface area (Å²) in [5, 5.41) is 9.18. The van der Waals surface area contributed by atoms with E-state index in [9.17, 15) is 18.7 Å². The van der Waals surface area contributed by atoms with Gasteiger partial charge < -0.3 is 19.3 Å². The normalized spacial score (nSPS) is 19.0. The summed E-state index contributed by atoms with van der Waals surface area (Å²) in [5.74, 6) is -0.891. The number of fused-ring (bicyclic) bond motifs is 1. The molecule has 0 amide bonds. The maximum absolute atomic E-state index is 12.4. The lowest BCUT2D eigenvalue weighted by Crippen LogP contribution is -2.42. The van der Waals surface area contributed by atoms with E-state index in [1.54, 1.807) is 11.8 Å². The summed E-state index contributed by atoms with van der Waals surface area (Å²) in [6, 6.07) is 2.34. The van der Waals surface area contributed by atoms with Gasteiger partial charge in [0, 0.05) is 24.3 Å². The van der Waals surface area contributed by atoms with Crippen molar-refractivity contribution in [1.29, 1.82) is 0 Å². The summed E-state index contributed by atoms with van der Waals surface area (Å²) in [7, 11) is 0. The quantitative estimate of drug-likeness (QED) is 0.924. The van der Waals surface area contributed by atoms with Crippen molar-refractivity contribution in [1.82, 2.24) is 0 Å². The highest BCUT2D eigenvalue weighted by Gasteiger charge is 2.46. The van der Waals surface area contributed by atoms with Crippen molar-refractivity contribution >= 4 is 17.7 Å². The zero-order chi connectivity index (χ0) is 15.0. The van der Waals surface area contributed by atoms with E-state index in [0.717, 1.165) is 17.6 Å². The van der Waals surface area contributed by atoms with E-state index < -0.39 is 18.4 Å². The van der Waals surface area contributed by atoms with Crippen molar-refractivity contribution in [3.05, 3.63) is 17.7 Å². The van der Waals surface area contributed by atoms with E-state index >= 15 is 0 Å². The molecule has 1 saturated heterocycles. The van der Waals surface area contributed by atoms with Gasteiger partial charge in [-0.1, -0.05) is 0 Å². The molecule has 21 heavy (non-hydrogen) atoms. The molecular weight excluding hydrogens is 306 g/mol. The second-order valence-corrected chi connectivity index (χ2v) is 5.91. The molecule has 2 aliphatic rings. The molecule has 1 aromatic carbocycles. The van der Waals surface area contributed by atoms with Crippen LogP contribution in [-0.4, -0.2) is 35.0 Å². The lowest BCUT2D eigenvalue weighted by molar-refractivity contribution is -0.0894. The number of hydrogen-bond donors (Lipinski definition) is 1. The molecule has 0 bridgehead atoms. The third kappa shape index (κ3) is 2.59. The first-order valence-corrected chi connectivity index (χ1v) is 7.47. The first-order chi connectivity index (χ1) is 10.0. The van der Waals surface area contributed by atoms with Crippen LogP contribution in [0.1, 0.15) is 23.2 Å². The first-order valence-electron chi connectivity index (χ1n) is 6.32. The Morgan fingerprint density at radius 2 is 1.95 bits per heavy atom. The highest BCUT2D eigenvalue weighted by molar-refractivity contribution is 7.99. The van der Waals surface area contributed by atoms with Crippen LogP contribution in [0.5, 0.6) is 17.2 Å². The molecule has 0 unspecified atom stereocenters. The predicted octanol–water partition coefficient (Wildman–Crippen LogP) is 2.98. The van der Waals surface area contributed by atoms with E-state index in [-0.39, 0.29) is 22.8 Å². The number of carboxylic acid groups (broad SMARTS) is 1. The lowest BCUT2D eigenvalue weighted by Gasteiger charge is -2.31. The van der Waals surface area contributed by atoms with Gasteiger partial charge in [0.25, 0.3) is 5.79 Å². The van der Waals surface area contributed by atoms with E-state index in [1.807, 2.05) is 0 Å². The second kappa shape index (κ2) is 5.25. The fourth-order valence-electron chi connectivity index (χ4n) is 2.38. The number of rotatable bonds is 3. The van der Waals surface area contributed by atoms with Crippen molar-refractivity contribution in [3.63, 3.8) is 0 Å². The van der Waals surface area contributed by atoms with Gasteiger partial charge in [0.05, 0.1) is 0 Å². The zero-order valence-electron chi connectivity index (χ0n) is 10.8. The molecule has 2 aliphatic heterocycles. The number of halogens is 2. The molecule has 0 atom stereocenters. The largest absolute Gasteiger partial charge is 0.478 e. The smallest absolute Gasteiger partial charge is 0.387 e. The Balaban J connectivity index is 2.01. The Kier molecular flexibility index (Phi) is 3.56. The summed E-state index contributed by atoms with van der Waals surface area (Å²) in [4.78, 5) is 11.2. The molecule has 114 valence electrons. The number of ether oxygens (including phenoxy) is 3. The lowest BCUT2D eigenvalue weighted by atomic mass is 10.1. The van der Waals surface area contributed by atoms with Crippen LogP contribution >= 0.6 is 11.8 Å². The number of benzene rings is 1. The number of carboxylic acids is 1. The van der Waals surface area contributed by atoms with Crippen LogP contribution in [0.15, 0.2) is 12.1 Å². The van der Waals surface area contributed by atoms with Gasteiger partial charge in [-0.15, -0.1) is 0 Å². The van der Waals surface area contributed by atoms with Gasteiger partial charge in [0.2, 0.25) is 5.75 Å². The Morgan fingerprint density at radius 1 is 1.29 bits per heavy atom. The zero-order valence-corrected chi connectivity index (χ0v) is 11.6. The fourth-order valence-corrected chi connectivity index (χ4v) is 3.49. The molecule has 3 rings (SSSR count). The van der Waals surface area contributed by atoms with Crippen molar-refractivity contribution < 1.29 is 32.9 Å². The number of alkyl halides is 2. The van der Waals surface area contributed by atoms with E-state index in [2.05, 4.69) is 4.74 Å². The molecule has 8 heteroatoms. The van der Waals surface area contributed by atoms with Crippen LogP contribution in [0.3, 0.4) is 0 Å². The molecular formula is C13H12F2O5S. The van der Waals surface area contributed by atoms with E-state index in [0.29, 0.717) is 12.8 Å². The molecule has 0 radical (unpaired) electrons. The van der Waals surface area contributed by atoms with Crippen LogP contribution in [-0.2, 0) is 0 Å². The molecule has 1 spiro atoms. The molecule has 1 N–H and O–H groups in total. The third-order valence-electron chi connectivity index (χ3n) is 3.35. The molecule has 1 aromatic rings. The SMILES string of the molecule is O=C(O)c1ccc(OC(F)F)c2c1OC1(CCSCC1)O2. The van der Waals surface area contributed by atoms with Gasteiger partial charge in [-0.2, -0.15) is 20.5 Å². The van der Waals surface area contributed by atoms with Crippen LogP contribution in [0.25, 0.3) is 0 Å². The third-order valence-corrected chi connectivity index (χ3v) is 4.34. The van der Waals surface area contributed by atoms with Crippen molar-refractivity contribution in [2.24, 2.45) is 0 Å². The monoisotopic (exact) mass is 318 g/mol. The summed E-state index contributed by atoms with van der Waals surface area (Å²) >= 11 is 1.73. The maximum Gasteiger partial charge on any atom is 0.387 e. The summed E-state index contributed by atoms with van der Waals surface area (Å²) in [6.07, 6.45) is 1.11. The topological polar surface area (TPSA) is 65.0 Å². The molecule has 0 aliphatic carbocycles. The second-order valence-electron chi connectivity index (χ2n) is 4.68. The molecule has 0 aromatic heterocycles. The van der Waals surface area contributed by atoms with Gasteiger partial charge in [-0.05, 0) is 12.1 Å². The van der Waals surface area contributed by atoms with Gasteiger partial charge in [0.15, 0.2) is 11.5 Å².